The van der Waals surface area contributed by atoms with Crippen LogP contribution in [0.25, 0.3) is 0 Å². The fraction of sp³-hybridized carbons (Fsp3) is 1.00. The number of hydrogen-bond acceptors (Lipinski definition) is 2. The van der Waals surface area contributed by atoms with Gasteiger partial charge in [-0.1, -0.05) is 6.92 Å². The number of likely N-dealkylation sites (N-methyl/N-ethyl adjacent to an activating group) is 1. The number of halogens is 1. The summed E-state index contributed by atoms with van der Waals surface area (Å²) in [5.41, 5.74) is 0. The summed E-state index contributed by atoms with van der Waals surface area (Å²) < 4.78 is 12.7. The van der Waals surface area contributed by atoms with Gasteiger partial charge in [0.2, 0.25) is 0 Å². The van der Waals surface area contributed by atoms with E-state index in [0.717, 1.165) is 13.1 Å². The zero-order chi connectivity index (χ0) is 7.40. The van der Waals surface area contributed by atoms with E-state index in [-0.39, 0.29) is 0 Å². The molecule has 2 N–H and O–H groups in total. The van der Waals surface area contributed by atoms with E-state index in [2.05, 4.69) is 10.6 Å². The van der Waals surface area contributed by atoms with Gasteiger partial charge in [0.25, 0.3) is 0 Å². The molecule has 1 saturated heterocycles. The van der Waals surface area contributed by atoms with Crippen LogP contribution in [-0.2, 0) is 0 Å². The minimum absolute atomic E-state index is 0.341. The van der Waals surface area contributed by atoms with Crippen molar-refractivity contribution in [1.29, 1.82) is 0 Å². The normalized spacial score (nSPS) is 34.2. The van der Waals surface area contributed by atoms with Crippen molar-refractivity contribution in [3.8, 4) is 0 Å². The van der Waals surface area contributed by atoms with Crippen LogP contribution in [-0.4, -0.2) is 31.8 Å². The molecule has 0 aromatic heterocycles. The van der Waals surface area contributed by atoms with Crippen molar-refractivity contribution >= 4 is 0 Å². The summed E-state index contributed by atoms with van der Waals surface area (Å²) in [6.45, 7) is 4.41. The molecule has 0 bridgehead atoms. The maximum Gasteiger partial charge on any atom is 0.114 e. The summed E-state index contributed by atoms with van der Waals surface area (Å²) in [5, 5.41) is 6.24. The van der Waals surface area contributed by atoms with Crippen LogP contribution in [0.2, 0.25) is 0 Å². The predicted octanol–water partition coefficient (Wildman–Crippen LogP) is 0.296. The molecular weight excluding hydrogens is 131 g/mol. The molecule has 0 unspecified atom stereocenters. The van der Waals surface area contributed by atoms with Crippen molar-refractivity contribution < 1.29 is 4.39 Å². The third-order valence-electron chi connectivity index (χ3n) is 1.79. The zero-order valence-corrected chi connectivity index (χ0v) is 6.36. The van der Waals surface area contributed by atoms with Crippen molar-refractivity contribution in [3.63, 3.8) is 0 Å². The first-order valence-electron chi connectivity index (χ1n) is 3.91. The van der Waals surface area contributed by atoms with Gasteiger partial charge in [-0.25, -0.2) is 4.39 Å². The van der Waals surface area contributed by atoms with Gasteiger partial charge in [0.05, 0.1) is 0 Å². The molecule has 1 aliphatic heterocycles. The summed E-state index contributed by atoms with van der Waals surface area (Å²) >= 11 is 0. The Kier molecular flexibility index (Phi) is 3.09. The molecule has 0 aromatic carbocycles. The molecule has 60 valence electrons. The zero-order valence-electron chi connectivity index (χ0n) is 6.36. The standard InChI is InChI=1S/C7H15FN2/c1-2-10-7-3-6(8)4-9-5-7/h6-7,9-10H,2-5H2,1H3/t6-,7-/m1/s1. The highest BCUT2D eigenvalue weighted by Gasteiger charge is 2.19. The van der Waals surface area contributed by atoms with Crippen LogP contribution < -0.4 is 10.6 Å². The molecule has 0 saturated carbocycles. The number of nitrogens with one attached hydrogen (secondary N) is 2. The highest BCUT2D eigenvalue weighted by atomic mass is 19.1. The van der Waals surface area contributed by atoms with E-state index in [1.165, 1.54) is 0 Å². The molecule has 2 atom stereocenters. The van der Waals surface area contributed by atoms with Gasteiger partial charge in [0.15, 0.2) is 0 Å². The first-order valence-corrected chi connectivity index (χ1v) is 3.91. The smallest absolute Gasteiger partial charge is 0.114 e. The van der Waals surface area contributed by atoms with Crippen LogP contribution in [0.5, 0.6) is 0 Å². The van der Waals surface area contributed by atoms with E-state index in [4.69, 9.17) is 0 Å². The van der Waals surface area contributed by atoms with Crippen LogP contribution in [0.4, 0.5) is 4.39 Å². The molecule has 0 aliphatic carbocycles. The van der Waals surface area contributed by atoms with Crippen LogP contribution in [0.3, 0.4) is 0 Å². The van der Waals surface area contributed by atoms with Crippen LogP contribution in [0.1, 0.15) is 13.3 Å². The fourth-order valence-corrected chi connectivity index (χ4v) is 1.33. The van der Waals surface area contributed by atoms with E-state index in [1.54, 1.807) is 0 Å². The molecule has 0 radical (unpaired) electrons. The third-order valence-corrected chi connectivity index (χ3v) is 1.79. The molecule has 1 heterocycles. The Labute approximate surface area is 61.2 Å². The van der Waals surface area contributed by atoms with Gasteiger partial charge in [0.1, 0.15) is 6.17 Å². The molecule has 1 rings (SSSR count). The van der Waals surface area contributed by atoms with Crippen molar-refractivity contribution in [2.75, 3.05) is 19.6 Å². The van der Waals surface area contributed by atoms with Gasteiger partial charge in [0, 0.05) is 19.1 Å². The quantitative estimate of drug-likeness (QED) is 0.585. The first kappa shape index (κ1) is 7.95. The Morgan fingerprint density at radius 1 is 1.60 bits per heavy atom. The Morgan fingerprint density at radius 2 is 2.40 bits per heavy atom. The second-order valence-corrected chi connectivity index (χ2v) is 2.75. The summed E-state index contributed by atoms with van der Waals surface area (Å²) in [6, 6.07) is 0.341. The van der Waals surface area contributed by atoms with Crippen molar-refractivity contribution in [2.24, 2.45) is 0 Å². The van der Waals surface area contributed by atoms with Gasteiger partial charge >= 0.3 is 0 Å². The average molecular weight is 146 g/mol. The van der Waals surface area contributed by atoms with E-state index in [0.29, 0.717) is 19.0 Å². The molecule has 1 aliphatic rings. The Morgan fingerprint density at radius 3 is 3.00 bits per heavy atom. The molecule has 0 spiro atoms. The highest BCUT2D eigenvalue weighted by molar-refractivity contribution is 4.79. The second-order valence-electron chi connectivity index (χ2n) is 2.75. The molecule has 0 aromatic rings. The Hall–Kier alpha value is -0.150. The molecular formula is C7H15FN2. The Bertz CT molecular complexity index is 95.6. The lowest BCUT2D eigenvalue weighted by molar-refractivity contribution is 0.230. The van der Waals surface area contributed by atoms with E-state index in [9.17, 15) is 4.39 Å². The molecule has 2 nitrogen and oxygen atoms in total. The predicted molar refractivity (Wildman–Crippen MR) is 39.8 cm³/mol. The van der Waals surface area contributed by atoms with E-state index >= 15 is 0 Å². The Balaban J connectivity index is 2.18. The van der Waals surface area contributed by atoms with Crippen molar-refractivity contribution in [1.82, 2.24) is 10.6 Å². The lowest BCUT2D eigenvalue weighted by Crippen LogP contribution is -2.47. The van der Waals surface area contributed by atoms with Crippen LogP contribution in [0, 0.1) is 0 Å². The summed E-state index contributed by atoms with van der Waals surface area (Å²) in [5.74, 6) is 0. The molecule has 1 fully saturated rings. The number of alkyl halides is 1. The fourth-order valence-electron chi connectivity index (χ4n) is 1.33. The molecule has 0 amide bonds. The van der Waals surface area contributed by atoms with Gasteiger partial charge < -0.3 is 10.6 Å². The minimum atomic E-state index is -0.655. The highest BCUT2D eigenvalue weighted by Crippen LogP contribution is 2.05. The second kappa shape index (κ2) is 3.88. The summed E-state index contributed by atoms with van der Waals surface area (Å²) in [7, 11) is 0. The van der Waals surface area contributed by atoms with Crippen molar-refractivity contribution in [3.05, 3.63) is 0 Å². The summed E-state index contributed by atoms with van der Waals surface area (Å²) in [4.78, 5) is 0. The van der Waals surface area contributed by atoms with Crippen LogP contribution >= 0.6 is 0 Å². The summed E-state index contributed by atoms with van der Waals surface area (Å²) in [6.07, 6.45) is 0.0127. The van der Waals surface area contributed by atoms with Crippen molar-refractivity contribution in [2.45, 2.75) is 25.6 Å². The third kappa shape index (κ3) is 2.23. The topological polar surface area (TPSA) is 24.1 Å². The van der Waals surface area contributed by atoms with E-state index in [1.807, 2.05) is 6.92 Å². The number of piperidine rings is 1. The van der Waals surface area contributed by atoms with Gasteiger partial charge in [-0.2, -0.15) is 0 Å². The first-order chi connectivity index (χ1) is 4.83. The number of hydrogen-bond donors (Lipinski definition) is 2. The van der Waals surface area contributed by atoms with Gasteiger partial charge in [-0.3, -0.25) is 0 Å². The SMILES string of the molecule is CCN[C@H]1CNC[C@H](F)C1. The van der Waals surface area contributed by atoms with Crippen LogP contribution in [0.15, 0.2) is 0 Å². The number of rotatable bonds is 2. The monoisotopic (exact) mass is 146 g/mol. The largest absolute Gasteiger partial charge is 0.313 e. The van der Waals surface area contributed by atoms with Gasteiger partial charge in [-0.05, 0) is 13.0 Å². The maximum atomic E-state index is 12.7. The van der Waals surface area contributed by atoms with E-state index < -0.39 is 6.17 Å². The molecule has 3 heteroatoms. The van der Waals surface area contributed by atoms with Gasteiger partial charge in [-0.15, -0.1) is 0 Å². The lowest BCUT2D eigenvalue weighted by atomic mass is 10.1. The maximum absolute atomic E-state index is 12.7. The molecule has 10 heavy (non-hydrogen) atoms. The average Bonchev–Trinajstić information content (AvgIpc) is 1.88. The minimum Gasteiger partial charge on any atom is -0.313 e. The lowest BCUT2D eigenvalue weighted by Gasteiger charge is -2.25.